The number of hydrogen-bond donors (Lipinski definition) is 3. The lowest BCUT2D eigenvalue weighted by molar-refractivity contribution is 0.100. The molecule has 0 atom stereocenters. The number of aromatic nitrogens is 1. The number of fused-ring (bicyclic) bond motifs is 1. The summed E-state index contributed by atoms with van der Waals surface area (Å²) in [5.74, 6) is -0.401. The van der Waals surface area contributed by atoms with Gasteiger partial charge in [-0.25, -0.2) is 0 Å². The lowest BCUT2D eigenvalue weighted by atomic mass is 10.1. The van der Waals surface area contributed by atoms with E-state index in [1.54, 1.807) is 12.1 Å². The van der Waals surface area contributed by atoms with Crippen LogP contribution in [0.25, 0.3) is 10.9 Å². The number of aromatic amines is 1. The minimum absolute atomic E-state index is 0.401. The molecule has 0 aliphatic heterocycles. The molecule has 0 aliphatic carbocycles. The van der Waals surface area contributed by atoms with Crippen molar-refractivity contribution in [1.82, 2.24) is 4.98 Å². The first-order valence-corrected chi connectivity index (χ1v) is 6.42. The monoisotopic (exact) mass is 265 g/mol. The Hall–Kier alpha value is -2.75. The summed E-state index contributed by atoms with van der Waals surface area (Å²) in [7, 11) is 0. The normalized spacial score (nSPS) is 10.6. The van der Waals surface area contributed by atoms with Gasteiger partial charge in [0.2, 0.25) is 5.91 Å². The average Bonchev–Trinajstić information content (AvgIpc) is 2.93. The van der Waals surface area contributed by atoms with E-state index in [9.17, 15) is 4.79 Å². The van der Waals surface area contributed by atoms with E-state index in [-0.39, 0.29) is 0 Å². The SMILES string of the molecule is NC(=O)c1ccc(CNc2ccc3[nH]ccc3c2)cc1. The van der Waals surface area contributed by atoms with Gasteiger partial charge in [-0.1, -0.05) is 12.1 Å². The molecule has 4 N–H and O–H groups in total. The van der Waals surface area contributed by atoms with Crippen molar-refractivity contribution in [3.63, 3.8) is 0 Å². The van der Waals surface area contributed by atoms with Gasteiger partial charge in [0, 0.05) is 34.9 Å². The zero-order valence-electron chi connectivity index (χ0n) is 10.9. The smallest absolute Gasteiger partial charge is 0.248 e. The number of rotatable bonds is 4. The van der Waals surface area contributed by atoms with Crippen LogP contribution in [0, 0.1) is 0 Å². The Morgan fingerprint density at radius 3 is 2.65 bits per heavy atom. The van der Waals surface area contributed by atoms with Crippen LogP contribution in [-0.4, -0.2) is 10.9 Å². The molecule has 4 nitrogen and oxygen atoms in total. The molecule has 0 saturated carbocycles. The first kappa shape index (κ1) is 12.3. The predicted octanol–water partition coefficient (Wildman–Crippen LogP) is 2.88. The number of nitrogens with one attached hydrogen (secondary N) is 2. The van der Waals surface area contributed by atoms with Crippen LogP contribution >= 0.6 is 0 Å². The fraction of sp³-hybridized carbons (Fsp3) is 0.0625. The lowest BCUT2D eigenvalue weighted by Crippen LogP contribution is -2.10. The van der Waals surface area contributed by atoms with Crippen LogP contribution in [0.3, 0.4) is 0 Å². The molecule has 3 rings (SSSR count). The Balaban J connectivity index is 1.70. The van der Waals surface area contributed by atoms with Crippen molar-refractivity contribution in [2.75, 3.05) is 5.32 Å². The zero-order chi connectivity index (χ0) is 13.9. The number of primary amides is 1. The molecule has 3 aromatic rings. The second-order valence-electron chi connectivity index (χ2n) is 4.69. The molecule has 0 aliphatic rings. The van der Waals surface area contributed by atoms with Gasteiger partial charge in [-0.05, 0) is 42.0 Å². The fourth-order valence-corrected chi connectivity index (χ4v) is 2.15. The first-order chi connectivity index (χ1) is 9.72. The maximum atomic E-state index is 11.0. The van der Waals surface area contributed by atoms with Gasteiger partial charge in [0.15, 0.2) is 0 Å². The number of H-pyrrole nitrogens is 1. The quantitative estimate of drug-likeness (QED) is 0.678. The summed E-state index contributed by atoms with van der Waals surface area (Å²) in [5.41, 5.74) is 9.04. The summed E-state index contributed by atoms with van der Waals surface area (Å²) in [6.45, 7) is 0.703. The number of carbonyl (C=O) groups excluding carboxylic acids is 1. The number of benzene rings is 2. The standard InChI is InChI=1S/C16H15N3O/c17-16(20)12-3-1-11(2-4-12)10-19-14-5-6-15-13(9-14)7-8-18-15/h1-9,18-19H,10H2,(H2,17,20). The summed E-state index contributed by atoms with van der Waals surface area (Å²) in [4.78, 5) is 14.2. The van der Waals surface area contributed by atoms with Crippen molar-refractivity contribution in [2.24, 2.45) is 5.73 Å². The Morgan fingerprint density at radius 1 is 1.10 bits per heavy atom. The molecular weight excluding hydrogens is 250 g/mol. The Morgan fingerprint density at radius 2 is 1.90 bits per heavy atom. The Labute approximate surface area is 116 Å². The molecule has 0 spiro atoms. The molecule has 0 fully saturated rings. The molecule has 0 bridgehead atoms. The minimum atomic E-state index is -0.401. The van der Waals surface area contributed by atoms with Crippen molar-refractivity contribution >= 4 is 22.5 Å². The second-order valence-corrected chi connectivity index (χ2v) is 4.69. The third-order valence-electron chi connectivity index (χ3n) is 3.29. The molecule has 100 valence electrons. The topological polar surface area (TPSA) is 70.9 Å². The third kappa shape index (κ3) is 2.49. The summed E-state index contributed by atoms with van der Waals surface area (Å²) in [6, 6.07) is 15.5. The maximum Gasteiger partial charge on any atom is 0.248 e. The number of hydrogen-bond acceptors (Lipinski definition) is 2. The largest absolute Gasteiger partial charge is 0.381 e. The molecule has 0 unspecified atom stereocenters. The van der Waals surface area contributed by atoms with E-state index in [1.807, 2.05) is 36.5 Å². The van der Waals surface area contributed by atoms with Crippen molar-refractivity contribution < 1.29 is 4.79 Å². The number of amides is 1. The summed E-state index contributed by atoms with van der Waals surface area (Å²) >= 11 is 0. The number of carbonyl (C=O) groups is 1. The van der Waals surface area contributed by atoms with Gasteiger partial charge >= 0.3 is 0 Å². The highest BCUT2D eigenvalue weighted by Gasteiger charge is 2.00. The van der Waals surface area contributed by atoms with E-state index in [1.165, 1.54) is 5.39 Å². The van der Waals surface area contributed by atoms with Crippen LogP contribution in [0.4, 0.5) is 5.69 Å². The fourth-order valence-electron chi connectivity index (χ4n) is 2.15. The molecular formula is C16H15N3O. The van der Waals surface area contributed by atoms with Gasteiger partial charge in [-0.15, -0.1) is 0 Å². The highest BCUT2D eigenvalue weighted by atomic mass is 16.1. The van der Waals surface area contributed by atoms with Crippen LogP contribution in [0.1, 0.15) is 15.9 Å². The van der Waals surface area contributed by atoms with Crippen LogP contribution < -0.4 is 11.1 Å². The Kier molecular flexibility index (Phi) is 3.13. The maximum absolute atomic E-state index is 11.0. The summed E-state index contributed by atoms with van der Waals surface area (Å²) < 4.78 is 0. The molecule has 1 amide bonds. The van der Waals surface area contributed by atoms with Gasteiger partial charge < -0.3 is 16.0 Å². The number of anilines is 1. The molecule has 4 heteroatoms. The predicted molar refractivity (Wildman–Crippen MR) is 80.6 cm³/mol. The summed E-state index contributed by atoms with van der Waals surface area (Å²) in [5, 5.41) is 4.54. The average molecular weight is 265 g/mol. The zero-order valence-corrected chi connectivity index (χ0v) is 10.9. The first-order valence-electron chi connectivity index (χ1n) is 6.42. The molecule has 0 saturated heterocycles. The summed E-state index contributed by atoms with van der Waals surface area (Å²) in [6.07, 6.45) is 1.93. The van der Waals surface area contributed by atoms with Crippen LogP contribution in [-0.2, 0) is 6.54 Å². The van der Waals surface area contributed by atoms with Crippen LogP contribution in [0.5, 0.6) is 0 Å². The van der Waals surface area contributed by atoms with Gasteiger partial charge in [-0.3, -0.25) is 4.79 Å². The molecule has 20 heavy (non-hydrogen) atoms. The van der Waals surface area contributed by atoms with Crippen LogP contribution in [0.15, 0.2) is 54.7 Å². The Bertz CT molecular complexity index is 744. The van der Waals surface area contributed by atoms with E-state index < -0.39 is 5.91 Å². The van der Waals surface area contributed by atoms with Gasteiger partial charge in [0.05, 0.1) is 0 Å². The van der Waals surface area contributed by atoms with Gasteiger partial charge in [-0.2, -0.15) is 0 Å². The van der Waals surface area contributed by atoms with Crippen LogP contribution in [0.2, 0.25) is 0 Å². The third-order valence-corrected chi connectivity index (χ3v) is 3.29. The highest BCUT2D eigenvalue weighted by Crippen LogP contribution is 2.18. The molecule has 1 aromatic heterocycles. The van der Waals surface area contributed by atoms with E-state index in [2.05, 4.69) is 16.4 Å². The van der Waals surface area contributed by atoms with E-state index >= 15 is 0 Å². The molecule has 2 aromatic carbocycles. The van der Waals surface area contributed by atoms with Crippen molar-refractivity contribution in [3.05, 3.63) is 65.9 Å². The second kappa shape index (κ2) is 5.09. The lowest BCUT2D eigenvalue weighted by Gasteiger charge is -2.07. The van der Waals surface area contributed by atoms with E-state index in [0.717, 1.165) is 16.8 Å². The van der Waals surface area contributed by atoms with Crippen molar-refractivity contribution in [2.45, 2.75) is 6.54 Å². The number of nitrogens with two attached hydrogens (primary N) is 1. The molecule has 0 radical (unpaired) electrons. The minimum Gasteiger partial charge on any atom is -0.381 e. The van der Waals surface area contributed by atoms with E-state index in [0.29, 0.717) is 12.1 Å². The molecule has 1 heterocycles. The van der Waals surface area contributed by atoms with Gasteiger partial charge in [0.1, 0.15) is 0 Å². The van der Waals surface area contributed by atoms with E-state index in [4.69, 9.17) is 5.73 Å². The van der Waals surface area contributed by atoms with Gasteiger partial charge in [0.25, 0.3) is 0 Å². The van der Waals surface area contributed by atoms with Crippen molar-refractivity contribution in [3.8, 4) is 0 Å². The van der Waals surface area contributed by atoms with Crippen molar-refractivity contribution in [1.29, 1.82) is 0 Å². The highest BCUT2D eigenvalue weighted by molar-refractivity contribution is 5.92.